The zero-order chi connectivity index (χ0) is 13.3. The standard InChI is InChI=1S/C10H5Br2NO3S2/c11-5-3-6(18-7(5)12)8(14)13-9-4(10(15)16)1-2-17-9/h1-3H,(H,13,14)(H,15,16). The van der Waals surface area contributed by atoms with E-state index in [9.17, 15) is 9.59 Å². The third kappa shape index (κ3) is 2.82. The van der Waals surface area contributed by atoms with Gasteiger partial charge in [-0.2, -0.15) is 0 Å². The summed E-state index contributed by atoms with van der Waals surface area (Å²) in [5, 5.41) is 13.5. The van der Waals surface area contributed by atoms with Crippen molar-refractivity contribution in [2.75, 3.05) is 5.32 Å². The first-order chi connectivity index (χ1) is 8.49. The fourth-order valence-corrected chi connectivity index (χ4v) is 3.90. The first kappa shape index (κ1) is 13.7. The van der Waals surface area contributed by atoms with Crippen LogP contribution in [-0.2, 0) is 0 Å². The minimum atomic E-state index is -1.06. The number of hydrogen-bond acceptors (Lipinski definition) is 4. The van der Waals surface area contributed by atoms with E-state index in [1.165, 1.54) is 28.7 Å². The van der Waals surface area contributed by atoms with Crippen LogP contribution in [0.3, 0.4) is 0 Å². The van der Waals surface area contributed by atoms with Gasteiger partial charge in [0.25, 0.3) is 5.91 Å². The molecule has 0 saturated carbocycles. The summed E-state index contributed by atoms with van der Waals surface area (Å²) in [6.45, 7) is 0. The van der Waals surface area contributed by atoms with Gasteiger partial charge in [-0.1, -0.05) is 0 Å². The molecule has 8 heteroatoms. The summed E-state index contributed by atoms with van der Waals surface area (Å²) in [7, 11) is 0. The highest BCUT2D eigenvalue weighted by atomic mass is 79.9. The van der Waals surface area contributed by atoms with Gasteiger partial charge in [0.15, 0.2) is 0 Å². The van der Waals surface area contributed by atoms with Crippen molar-refractivity contribution in [1.82, 2.24) is 0 Å². The lowest BCUT2D eigenvalue weighted by molar-refractivity contribution is 0.0698. The van der Waals surface area contributed by atoms with Crippen LogP contribution < -0.4 is 5.32 Å². The molecule has 0 aliphatic rings. The third-order valence-electron chi connectivity index (χ3n) is 1.99. The van der Waals surface area contributed by atoms with Crippen LogP contribution in [0.5, 0.6) is 0 Å². The van der Waals surface area contributed by atoms with Crippen molar-refractivity contribution in [3.63, 3.8) is 0 Å². The van der Waals surface area contributed by atoms with Gasteiger partial charge in [0, 0.05) is 4.47 Å². The van der Waals surface area contributed by atoms with E-state index in [1.807, 2.05) is 0 Å². The fourth-order valence-electron chi connectivity index (χ4n) is 1.20. The second kappa shape index (κ2) is 5.52. The number of amides is 1. The molecule has 0 saturated heterocycles. The Labute approximate surface area is 127 Å². The summed E-state index contributed by atoms with van der Waals surface area (Å²) in [6, 6.07) is 3.14. The van der Waals surface area contributed by atoms with Crippen molar-refractivity contribution >= 4 is 71.4 Å². The van der Waals surface area contributed by atoms with E-state index < -0.39 is 5.97 Å². The molecule has 0 fully saturated rings. The van der Waals surface area contributed by atoms with Crippen LogP contribution in [0.1, 0.15) is 20.0 Å². The minimum absolute atomic E-state index is 0.100. The summed E-state index contributed by atoms with van der Waals surface area (Å²) in [6.07, 6.45) is 0. The van der Waals surface area contributed by atoms with Gasteiger partial charge < -0.3 is 10.4 Å². The predicted octanol–water partition coefficient (Wildman–Crippen LogP) is 4.29. The van der Waals surface area contributed by atoms with Crippen LogP contribution in [0.4, 0.5) is 5.00 Å². The number of carboxylic acids is 1. The van der Waals surface area contributed by atoms with Crippen LogP contribution in [0.25, 0.3) is 0 Å². The zero-order valence-electron chi connectivity index (χ0n) is 8.57. The Hall–Kier alpha value is -0.700. The number of hydrogen-bond donors (Lipinski definition) is 2. The number of aromatic carboxylic acids is 1. The van der Waals surface area contributed by atoms with E-state index in [-0.39, 0.29) is 11.5 Å². The summed E-state index contributed by atoms with van der Waals surface area (Å²) in [5.41, 5.74) is 0.100. The Morgan fingerprint density at radius 3 is 2.61 bits per heavy atom. The van der Waals surface area contributed by atoms with Crippen LogP contribution in [-0.4, -0.2) is 17.0 Å². The highest BCUT2D eigenvalue weighted by Crippen LogP contribution is 2.33. The molecule has 0 spiro atoms. The monoisotopic (exact) mass is 409 g/mol. The molecule has 0 atom stereocenters. The number of carbonyl (C=O) groups is 2. The average Bonchev–Trinajstić information content (AvgIpc) is 2.87. The van der Waals surface area contributed by atoms with E-state index in [2.05, 4.69) is 37.2 Å². The molecule has 4 nitrogen and oxygen atoms in total. The lowest BCUT2D eigenvalue weighted by Gasteiger charge is -2.01. The smallest absolute Gasteiger partial charge is 0.338 e. The third-order valence-corrected chi connectivity index (χ3v) is 6.08. The lowest BCUT2D eigenvalue weighted by Crippen LogP contribution is -2.11. The Balaban J connectivity index is 2.21. The normalized spacial score (nSPS) is 10.3. The molecule has 2 N–H and O–H groups in total. The van der Waals surface area contributed by atoms with Crippen molar-refractivity contribution in [3.8, 4) is 0 Å². The molecule has 2 aromatic rings. The van der Waals surface area contributed by atoms with E-state index in [1.54, 1.807) is 11.4 Å². The van der Waals surface area contributed by atoms with Gasteiger partial charge in [0.05, 0.1) is 14.2 Å². The molecule has 1 amide bonds. The van der Waals surface area contributed by atoms with Crippen LogP contribution in [0.15, 0.2) is 25.8 Å². The van der Waals surface area contributed by atoms with Gasteiger partial charge >= 0.3 is 5.97 Å². The van der Waals surface area contributed by atoms with E-state index in [0.717, 1.165) is 8.26 Å². The summed E-state index contributed by atoms with van der Waals surface area (Å²) in [5.74, 6) is -1.38. The molecule has 2 heterocycles. The highest BCUT2D eigenvalue weighted by Gasteiger charge is 2.17. The van der Waals surface area contributed by atoms with Crippen molar-refractivity contribution in [1.29, 1.82) is 0 Å². The number of rotatable bonds is 3. The van der Waals surface area contributed by atoms with Crippen LogP contribution in [0, 0.1) is 0 Å². The van der Waals surface area contributed by atoms with Gasteiger partial charge in [-0.25, -0.2) is 4.79 Å². The molecule has 0 aromatic carbocycles. The molecule has 2 aromatic heterocycles. The Morgan fingerprint density at radius 2 is 2.06 bits per heavy atom. The van der Waals surface area contributed by atoms with E-state index in [4.69, 9.17) is 5.11 Å². The Bertz CT molecular complexity index is 601. The lowest BCUT2D eigenvalue weighted by atomic mass is 10.3. The SMILES string of the molecule is O=C(Nc1sccc1C(=O)O)c1cc(Br)c(Br)s1. The number of halogens is 2. The quantitative estimate of drug-likeness (QED) is 0.793. The molecule has 0 bridgehead atoms. The summed E-state index contributed by atoms with van der Waals surface area (Å²) in [4.78, 5) is 23.3. The number of nitrogens with one attached hydrogen (secondary N) is 1. The molecule has 0 unspecified atom stereocenters. The van der Waals surface area contributed by atoms with Crippen molar-refractivity contribution in [3.05, 3.63) is 36.2 Å². The van der Waals surface area contributed by atoms with Crippen molar-refractivity contribution < 1.29 is 14.7 Å². The van der Waals surface area contributed by atoms with Crippen molar-refractivity contribution in [2.24, 2.45) is 0 Å². The van der Waals surface area contributed by atoms with Crippen LogP contribution >= 0.6 is 54.5 Å². The maximum absolute atomic E-state index is 11.9. The number of anilines is 1. The van der Waals surface area contributed by atoms with Gasteiger partial charge in [-0.05, 0) is 49.4 Å². The number of carbonyl (C=O) groups excluding carboxylic acids is 1. The highest BCUT2D eigenvalue weighted by molar-refractivity contribution is 9.13. The zero-order valence-corrected chi connectivity index (χ0v) is 13.4. The molecular weight excluding hydrogens is 406 g/mol. The Kier molecular flexibility index (Phi) is 4.21. The fraction of sp³-hybridized carbons (Fsp3) is 0. The predicted molar refractivity (Wildman–Crippen MR) is 79.0 cm³/mol. The van der Waals surface area contributed by atoms with E-state index >= 15 is 0 Å². The van der Waals surface area contributed by atoms with E-state index in [0.29, 0.717) is 9.88 Å². The molecule has 0 radical (unpaired) electrons. The van der Waals surface area contributed by atoms with Gasteiger partial charge in [-0.15, -0.1) is 22.7 Å². The number of carboxylic acid groups (broad SMARTS) is 1. The largest absolute Gasteiger partial charge is 0.478 e. The van der Waals surface area contributed by atoms with Gasteiger partial charge in [0.1, 0.15) is 5.00 Å². The summed E-state index contributed by atoms with van der Waals surface area (Å²) >= 11 is 9.05. The molecule has 0 aliphatic carbocycles. The number of thiophene rings is 2. The summed E-state index contributed by atoms with van der Waals surface area (Å²) < 4.78 is 1.61. The molecule has 18 heavy (non-hydrogen) atoms. The van der Waals surface area contributed by atoms with Crippen molar-refractivity contribution in [2.45, 2.75) is 0 Å². The van der Waals surface area contributed by atoms with Gasteiger partial charge in [-0.3, -0.25) is 4.79 Å². The first-order valence-corrected chi connectivity index (χ1v) is 7.84. The second-order valence-electron chi connectivity index (χ2n) is 3.15. The minimum Gasteiger partial charge on any atom is -0.478 e. The molecule has 94 valence electrons. The topological polar surface area (TPSA) is 66.4 Å². The molecule has 2 rings (SSSR count). The maximum Gasteiger partial charge on any atom is 0.338 e. The first-order valence-electron chi connectivity index (χ1n) is 4.56. The molecular formula is C10H5Br2NO3S2. The van der Waals surface area contributed by atoms with Crippen LogP contribution in [0.2, 0.25) is 0 Å². The second-order valence-corrected chi connectivity index (χ2v) is 7.30. The average molecular weight is 411 g/mol. The molecule has 0 aliphatic heterocycles. The van der Waals surface area contributed by atoms with Gasteiger partial charge in [0.2, 0.25) is 0 Å². The maximum atomic E-state index is 11.9. The Morgan fingerprint density at radius 1 is 1.33 bits per heavy atom.